The molecule has 5 nitrogen and oxygen atoms in total. The normalized spacial score (nSPS) is 11.9. The number of hydrogen-bond donors (Lipinski definition) is 3. The molecular weight excluding hydrogens is 206 g/mol. The van der Waals surface area contributed by atoms with Gasteiger partial charge in [-0.05, 0) is 13.3 Å². The van der Waals surface area contributed by atoms with Crippen molar-refractivity contribution >= 4 is 11.8 Å². The van der Waals surface area contributed by atoms with Crippen LogP contribution >= 0.6 is 0 Å². The molecular formula is C11H23N3O2. The van der Waals surface area contributed by atoms with Gasteiger partial charge in [0.1, 0.15) is 0 Å². The van der Waals surface area contributed by atoms with Gasteiger partial charge in [-0.25, -0.2) is 0 Å². The summed E-state index contributed by atoms with van der Waals surface area (Å²) in [5.41, 5.74) is 0. The molecule has 0 spiro atoms. The van der Waals surface area contributed by atoms with Crippen LogP contribution < -0.4 is 16.0 Å². The van der Waals surface area contributed by atoms with Crippen LogP contribution in [-0.2, 0) is 9.59 Å². The van der Waals surface area contributed by atoms with Crippen LogP contribution in [0.2, 0.25) is 0 Å². The van der Waals surface area contributed by atoms with E-state index >= 15 is 0 Å². The van der Waals surface area contributed by atoms with Crippen molar-refractivity contribution in [1.29, 1.82) is 0 Å². The quantitative estimate of drug-likeness (QED) is 0.514. The number of hydrogen-bond acceptors (Lipinski definition) is 3. The monoisotopic (exact) mass is 229 g/mol. The van der Waals surface area contributed by atoms with Gasteiger partial charge in [0.2, 0.25) is 11.8 Å². The third-order valence-electron chi connectivity index (χ3n) is 2.22. The first-order chi connectivity index (χ1) is 7.60. The number of carbonyl (C=O) groups excluding carboxylic acids is 2. The Morgan fingerprint density at radius 2 is 1.94 bits per heavy atom. The molecule has 0 aliphatic rings. The molecule has 0 bridgehead atoms. The summed E-state index contributed by atoms with van der Waals surface area (Å²) >= 11 is 0. The molecule has 0 saturated carbocycles. The van der Waals surface area contributed by atoms with Crippen LogP contribution in [0.1, 0.15) is 33.1 Å². The minimum absolute atomic E-state index is 0.0159. The SMILES string of the molecule is CCCC(C)NC(=O)CNCCC(=O)NC. The number of rotatable bonds is 8. The van der Waals surface area contributed by atoms with E-state index in [1.165, 1.54) is 0 Å². The molecule has 5 heteroatoms. The molecule has 0 radical (unpaired) electrons. The Kier molecular flexibility index (Phi) is 8.52. The van der Waals surface area contributed by atoms with Gasteiger partial charge in [0.25, 0.3) is 0 Å². The average molecular weight is 229 g/mol. The topological polar surface area (TPSA) is 70.2 Å². The lowest BCUT2D eigenvalue weighted by Crippen LogP contribution is -2.39. The smallest absolute Gasteiger partial charge is 0.234 e. The number of amides is 2. The summed E-state index contributed by atoms with van der Waals surface area (Å²) in [6.07, 6.45) is 2.45. The molecule has 0 rings (SSSR count). The largest absolute Gasteiger partial charge is 0.359 e. The molecule has 0 aliphatic heterocycles. The summed E-state index contributed by atoms with van der Waals surface area (Å²) in [5, 5.41) is 8.33. The molecule has 0 fully saturated rings. The van der Waals surface area contributed by atoms with Crippen molar-refractivity contribution in [1.82, 2.24) is 16.0 Å². The highest BCUT2D eigenvalue weighted by Crippen LogP contribution is 1.93. The van der Waals surface area contributed by atoms with E-state index in [4.69, 9.17) is 0 Å². The molecule has 2 amide bonds. The Labute approximate surface area is 97.4 Å². The van der Waals surface area contributed by atoms with E-state index in [0.717, 1.165) is 12.8 Å². The van der Waals surface area contributed by atoms with Crippen molar-refractivity contribution in [3.8, 4) is 0 Å². The highest BCUT2D eigenvalue weighted by atomic mass is 16.2. The van der Waals surface area contributed by atoms with Crippen molar-refractivity contribution in [3.05, 3.63) is 0 Å². The first-order valence-corrected chi connectivity index (χ1v) is 5.80. The molecule has 3 N–H and O–H groups in total. The zero-order valence-electron chi connectivity index (χ0n) is 10.4. The minimum Gasteiger partial charge on any atom is -0.359 e. The summed E-state index contributed by atoms with van der Waals surface area (Å²) in [6, 6.07) is 0.221. The van der Waals surface area contributed by atoms with Crippen LogP contribution in [0.5, 0.6) is 0 Å². The molecule has 0 aromatic carbocycles. The van der Waals surface area contributed by atoms with Gasteiger partial charge in [-0.15, -0.1) is 0 Å². The highest BCUT2D eigenvalue weighted by molar-refractivity contribution is 5.78. The maximum absolute atomic E-state index is 11.4. The van der Waals surface area contributed by atoms with Crippen LogP contribution in [0.4, 0.5) is 0 Å². The molecule has 0 aliphatic carbocycles. The summed E-state index contributed by atoms with van der Waals surface area (Å²) in [4.78, 5) is 22.2. The fourth-order valence-electron chi connectivity index (χ4n) is 1.36. The molecule has 1 unspecified atom stereocenters. The van der Waals surface area contributed by atoms with Crippen LogP contribution in [0, 0.1) is 0 Å². The summed E-state index contributed by atoms with van der Waals surface area (Å²) in [7, 11) is 1.60. The van der Waals surface area contributed by atoms with Gasteiger partial charge in [-0.2, -0.15) is 0 Å². The Morgan fingerprint density at radius 1 is 1.25 bits per heavy atom. The Morgan fingerprint density at radius 3 is 2.50 bits per heavy atom. The van der Waals surface area contributed by atoms with Crippen molar-refractivity contribution in [2.45, 2.75) is 39.2 Å². The standard InChI is InChI=1S/C11H23N3O2/c1-4-5-9(2)14-11(16)8-13-7-6-10(15)12-3/h9,13H,4-8H2,1-3H3,(H,12,15)(H,14,16). The Hall–Kier alpha value is -1.10. The van der Waals surface area contributed by atoms with Crippen LogP contribution in [0.3, 0.4) is 0 Å². The molecule has 0 saturated heterocycles. The third-order valence-corrected chi connectivity index (χ3v) is 2.22. The zero-order valence-corrected chi connectivity index (χ0v) is 10.4. The van der Waals surface area contributed by atoms with Gasteiger partial charge in [0.15, 0.2) is 0 Å². The third kappa shape index (κ3) is 8.23. The Balaban J connectivity index is 3.47. The van der Waals surface area contributed by atoms with Crippen molar-refractivity contribution in [2.75, 3.05) is 20.1 Å². The minimum atomic E-state index is -0.0211. The van der Waals surface area contributed by atoms with Crippen LogP contribution in [0.15, 0.2) is 0 Å². The van der Waals surface area contributed by atoms with Gasteiger partial charge < -0.3 is 16.0 Å². The van der Waals surface area contributed by atoms with Crippen molar-refractivity contribution < 1.29 is 9.59 Å². The molecule has 0 aromatic heterocycles. The average Bonchev–Trinajstić information content (AvgIpc) is 2.24. The molecule has 0 aromatic rings. The van der Waals surface area contributed by atoms with Crippen LogP contribution in [0.25, 0.3) is 0 Å². The lowest BCUT2D eigenvalue weighted by atomic mass is 10.2. The Bertz CT molecular complexity index is 219. The van der Waals surface area contributed by atoms with E-state index < -0.39 is 0 Å². The second kappa shape index (κ2) is 9.15. The molecule has 16 heavy (non-hydrogen) atoms. The van der Waals surface area contributed by atoms with E-state index in [1.807, 2.05) is 6.92 Å². The van der Waals surface area contributed by atoms with E-state index in [0.29, 0.717) is 13.0 Å². The highest BCUT2D eigenvalue weighted by Gasteiger charge is 2.05. The second-order valence-corrected chi connectivity index (χ2v) is 3.86. The van der Waals surface area contributed by atoms with Gasteiger partial charge >= 0.3 is 0 Å². The first kappa shape index (κ1) is 14.9. The maximum Gasteiger partial charge on any atom is 0.234 e. The molecule has 94 valence electrons. The zero-order chi connectivity index (χ0) is 12.4. The lowest BCUT2D eigenvalue weighted by Gasteiger charge is -2.12. The van der Waals surface area contributed by atoms with Gasteiger partial charge in [-0.3, -0.25) is 9.59 Å². The molecule has 1 atom stereocenters. The van der Waals surface area contributed by atoms with E-state index in [-0.39, 0.29) is 24.4 Å². The van der Waals surface area contributed by atoms with Crippen LogP contribution in [-0.4, -0.2) is 38.0 Å². The summed E-state index contributed by atoms with van der Waals surface area (Å²) in [6.45, 7) is 4.87. The summed E-state index contributed by atoms with van der Waals surface area (Å²) in [5.74, 6) is -0.0369. The van der Waals surface area contributed by atoms with Crippen molar-refractivity contribution in [2.24, 2.45) is 0 Å². The maximum atomic E-state index is 11.4. The van der Waals surface area contributed by atoms with E-state index in [9.17, 15) is 9.59 Å². The predicted molar refractivity (Wildman–Crippen MR) is 64.1 cm³/mol. The van der Waals surface area contributed by atoms with Gasteiger partial charge in [-0.1, -0.05) is 13.3 Å². The van der Waals surface area contributed by atoms with E-state index in [1.54, 1.807) is 7.05 Å². The second-order valence-electron chi connectivity index (χ2n) is 3.86. The first-order valence-electron chi connectivity index (χ1n) is 5.80. The van der Waals surface area contributed by atoms with Gasteiger partial charge in [0.05, 0.1) is 6.54 Å². The summed E-state index contributed by atoms with van der Waals surface area (Å²) < 4.78 is 0. The lowest BCUT2D eigenvalue weighted by molar-refractivity contribution is -0.122. The number of nitrogens with one attached hydrogen (secondary N) is 3. The van der Waals surface area contributed by atoms with Gasteiger partial charge in [0, 0.05) is 26.1 Å². The number of carbonyl (C=O) groups is 2. The fraction of sp³-hybridized carbons (Fsp3) is 0.818. The fourth-order valence-corrected chi connectivity index (χ4v) is 1.36. The van der Waals surface area contributed by atoms with Crippen molar-refractivity contribution in [3.63, 3.8) is 0 Å². The predicted octanol–water partition coefficient (Wildman–Crippen LogP) is 0.0169. The van der Waals surface area contributed by atoms with E-state index in [2.05, 4.69) is 22.9 Å². The molecule has 0 heterocycles.